The zero-order chi connectivity index (χ0) is 15.0. The van der Waals surface area contributed by atoms with Gasteiger partial charge in [0.1, 0.15) is 18.0 Å². The van der Waals surface area contributed by atoms with Crippen molar-refractivity contribution in [2.24, 2.45) is 0 Å². The lowest BCUT2D eigenvalue weighted by Crippen LogP contribution is -2.28. The fourth-order valence-electron chi connectivity index (χ4n) is 2.40. The Kier molecular flexibility index (Phi) is 3.53. The second kappa shape index (κ2) is 5.35. The van der Waals surface area contributed by atoms with Gasteiger partial charge in [-0.2, -0.15) is 5.10 Å². The molecule has 0 bridgehead atoms. The molecular weight excluding hydrogens is 272 g/mol. The number of hydrogen-bond acceptors (Lipinski definition) is 5. The fourth-order valence-corrected chi connectivity index (χ4v) is 2.40. The summed E-state index contributed by atoms with van der Waals surface area (Å²) in [7, 11) is 0. The number of rotatable bonds is 5. The SMILES string of the molecule is CCOC(=O)Cn1nc(CC)c2oc(C3CC3)cc2c1=O. The highest BCUT2D eigenvalue weighted by Gasteiger charge is 2.28. The van der Waals surface area contributed by atoms with E-state index >= 15 is 0 Å². The predicted octanol–water partition coefficient (Wildman–Crippen LogP) is 1.99. The van der Waals surface area contributed by atoms with Crippen molar-refractivity contribution in [1.29, 1.82) is 0 Å². The van der Waals surface area contributed by atoms with Crippen LogP contribution in [0.5, 0.6) is 0 Å². The summed E-state index contributed by atoms with van der Waals surface area (Å²) in [6.07, 6.45) is 2.84. The second-order valence-electron chi connectivity index (χ2n) is 5.23. The Hall–Kier alpha value is -2.11. The maximum Gasteiger partial charge on any atom is 0.327 e. The number of esters is 1. The quantitative estimate of drug-likeness (QED) is 0.787. The van der Waals surface area contributed by atoms with Crippen molar-refractivity contribution in [1.82, 2.24) is 9.78 Å². The summed E-state index contributed by atoms with van der Waals surface area (Å²) in [5.74, 6) is 0.826. The van der Waals surface area contributed by atoms with E-state index in [1.54, 1.807) is 13.0 Å². The highest BCUT2D eigenvalue weighted by Crippen LogP contribution is 2.42. The first kappa shape index (κ1) is 13.9. The lowest BCUT2D eigenvalue weighted by Gasteiger charge is -2.06. The van der Waals surface area contributed by atoms with E-state index in [2.05, 4.69) is 5.10 Å². The number of aromatic nitrogens is 2. The van der Waals surface area contributed by atoms with E-state index in [0.29, 0.717) is 29.0 Å². The number of nitrogens with zero attached hydrogens (tertiary/aromatic N) is 2. The molecule has 6 heteroatoms. The highest BCUT2D eigenvalue weighted by molar-refractivity contribution is 5.79. The number of furan rings is 1. The summed E-state index contributed by atoms with van der Waals surface area (Å²) >= 11 is 0. The Morgan fingerprint density at radius 2 is 2.24 bits per heavy atom. The van der Waals surface area contributed by atoms with Crippen molar-refractivity contribution >= 4 is 16.9 Å². The van der Waals surface area contributed by atoms with Crippen molar-refractivity contribution in [2.45, 2.75) is 45.6 Å². The minimum atomic E-state index is -0.459. The molecule has 0 amide bonds. The second-order valence-corrected chi connectivity index (χ2v) is 5.23. The molecule has 2 aromatic rings. The first-order chi connectivity index (χ1) is 10.1. The molecule has 2 aromatic heterocycles. The summed E-state index contributed by atoms with van der Waals surface area (Å²) in [5, 5.41) is 4.75. The molecule has 1 fully saturated rings. The smallest absolute Gasteiger partial charge is 0.327 e. The van der Waals surface area contributed by atoms with Crippen molar-refractivity contribution in [3.05, 3.63) is 27.9 Å². The van der Waals surface area contributed by atoms with Gasteiger partial charge in [-0.1, -0.05) is 6.92 Å². The van der Waals surface area contributed by atoms with Gasteiger partial charge in [0.2, 0.25) is 0 Å². The highest BCUT2D eigenvalue weighted by atomic mass is 16.5. The van der Waals surface area contributed by atoms with E-state index in [9.17, 15) is 9.59 Å². The molecule has 0 saturated heterocycles. The predicted molar refractivity (Wildman–Crippen MR) is 76.3 cm³/mol. The molecule has 112 valence electrons. The van der Waals surface area contributed by atoms with Crippen LogP contribution < -0.4 is 5.56 Å². The number of hydrogen-bond donors (Lipinski definition) is 0. The van der Waals surface area contributed by atoms with Gasteiger partial charge in [0.15, 0.2) is 5.58 Å². The standard InChI is InChI=1S/C15H18N2O4/c1-3-11-14-10(7-12(21-14)9-5-6-9)15(19)17(16-11)8-13(18)20-4-2/h7,9H,3-6,8H2,1-2H3. The number of carbonyl (C=O) groups is 1. The van der Waals surface area contributed by atoms with Gasteiger partial charge >= 0.3 is 5.97 Å². The van der Waals surface area contributed by atoms with Crippen LogP contribution in [0.4, 0.5) is 0 Å². The molecule has 0 radical (unpaired) electrons. The average molecular weight is 290 g/mol. The van der Waals surface area contributed by atoms with Gasteiger partial charge in [0.05, 0.1) is 12.0 Å². The summed E-state index contributed by atoms with van der Waals surface area (Å²) in [6, 6.07) is 1.80. The molecule has 1 aliphatic rings. The van der Waals surface area contributed by atoms with E-state index < -0.39 is 5.97 Å². The van der Waals surface area contributed by atoms with E-state index in [-0.39, 0.29) is 18.7 Å². The van der Waals surface area contributed by atoms with Gasteiger partial charge < -0.3 is 9.15 Å². The van der Waals surface area contributed by atoms with Crippen LogP contribution in [0, 0.1) is 0 Å². The van der Waals surface area contributed by atoms with E-state index in [4.69, 9.17) is 9.15 Å². The molecule has 1 aliphatic carbocycles. The minimum Gasteiger partial charge on any atom is -0.465 e. The molecule has 0 atom stereocenters. The number of carbonyl (C=O) groups excluding carboxylic acids is 1. The van der Waals surface area contributed by atoms with Crippen molar-refractivity contribution < 1.29 is 13.9 Å². The normalized spacial score (nSPS) is 14.6. The van der Waals surface area contributed by atoms with Crippen molar-refractivity contribution in [2.75, 3.05) is 6.61 Å². The van der Waals surface area contributed by atoms with Crippen LogP contribution in [0.2, 0.25) is 0 Å². The van der Waals surface area contributed by atoms with E-state index in [1.807, 2.05) is 6.92 Å². The zero-order valence-electron chi connectivity index (χ0n) is 12.2. The lowest BCUT2D eigenvalue weighted by atomic mass is 10.2. The largest absolute Gasteiger partial charge is 0.465 e. The van der Waals surface area contributed by atoms with Crippen LogP contribution in [-0.2, 0) is 22.5 Å². The van der Waals surface area contributed by atoms with Gasteiger partial charge in [-0.25, -0.2) is 4.68 Å². The van der Waals surface area contributed by atoms with Crippen LogP contribution in [0.1, 0.15) is 44.1 Å². The Morgan fingerprint density at radius 1 is 1.48 bits per heavy atom. The van der Waals surface area contributed by atoms with Crippen LogP contribution >= 0.6 is 0 Å². The molecule has 3 rings (SSSR count). The monoisotopic (exact) mass is 290 g/mol. The Bertz CT molecular complexity index is 740. The summed E-state index contributed by atoms with van der Waals surface area (Å²) in [6.45, 7) is 3.79. The first-order valence-corrected chi connectivity index (χ1v) is 7.33. The van der Waals surface area contributed by atoms with Gasteiger partial charge in [-0.15, -0.1) is 0 Å². The molecule has 0 spiro atoms. The Morgan fingerprint density at radius 3 is 2.86 bits per heavy atom. The topological polar surface area (TPSA) is 74.3 Å². The Balaban J connectivity index is 2.06. The summed E-state index contributed by atoms with van der Waals surface area (Å²) in [5.41, 5.74) is 0.955. The maximum absolute atomic E-state index is 12.4. The number of aryl methyl sites for hydroxylation is 1. The zero-order valence-corrected chi connectivity index (χ0v) is 12.2. The molecule has 0 aromatic carbocycles. The molecule has 2 heterocycles. The third-order valence-corrected chi connectivity index (χ3v) is 3.62. The maximum atomic E-state index is 12.4. The van der Waals surface area contributed by atoms with Crippen LogP contribution in [0.25, 0.3) is 11.0 Å². The molecule has 1 saturated carbocycles. The third-order valence-electron chi connectivity index (χ3n) is 3.62. The Labute approximate surface area is 121 Å². The fraction of sp³-hybridized carbons (Fsp3) is 0.533. The molecule has 0 aliphatic heterocycles. The van der Waals surface area contributed by atoms with Gasteiger partial charge in [-0.3, -0.25) is 9.59 Å². The molecular formula is C15H18N2O4. The van der Waals surface area contributed by atoms with Gasteiger partial charge in [0, 0.05) is 5.92 Å². The summed E-state index contributed by atoms with van der Waals surface area (Å²) < 4.78 is 11.9. The van der Waals surface area contributed by atoms with Gasteiger partial charge in [-0.05, 0) is 32.3 Å². The van der Waals surface area contributed by atoms with Crippen molar-refractivity contribution in [3.8, 4) is 0 Å². The number of ether oxygens (including phenoxy) is 1. The summed E-state index contributed by atoms with van der Waals surface area (Å²) in [4.78, 5) is 24.0. The van der Waals surface area contributed by atoms with Crippen LogP contribution in [0.15, 0.2) is 15.3 Å². The molecule has 0 N–H and O–H groups in total. The molecule has 21 heavy (non-hydrogen) atoms. The van der Waals surface area contributed by atoms with Crippen molar-refractivity contribution in [3.63, 3.8) is 0 Å². The third kappa shape index (κ3) is 2.57. The molecule has 0 unspecified atom stereocenters. The minimum absolute atomic E-state index is 0.167. The van der Waals surface area contributed by atoms with Crippen LogP contribution in [0.3, 0.4) is 0 Å². The number of fused-ring (bicyclic) bond motifs is 1. The van der Waals surface area contributed by atoms with Gasteiger partial charge in [0.25, 0.3) is 5.56 Å². The average Bonchev–Trinajstić information content (AvgIpc) is 3.21. The lowest BCUT2D eigenvalue weighted by molar-refractivity contribution is -0.144. The van der Waals surface area contributed by atoms with E-state index in [1.165, 1.54) is 4.68 Å². The molecule has 6 nitrogen and oxygen atoms in total. The van der Waals surface area contributed by atoms with E-state index in [0.717, 1.165) is 18.6 Å². The first-order valence-electron chi connectivity index (χ1n) is 7.33. The van der Waals surface area contributed by atoms with Crippen LogP contribution in [-0.4, -0.2) is 22.4 Å².